The standard InChI is InChI=1S/C16H27N5O.2ClH/c17-10-4-2-1-3-9-16(22)18-13-14-7-6-12-21(14)15-8-5-11-19-20-15;;/h5,8,11,14H,1-4,6-7,9-10,12-13,17H2,(H,18,22);2*1H. The topological polar surface area (TPSA) is 84.1 Å². The van der Waals surface area contributed by atoms with Crippen molar-refractivity contribution in [2.24, 2.45) is 5.73 Å². The maximum absolute atomic E-state index is 11.9. The molecular weight excluding hydrogens is 349 g/mol. The van der Waals surface area contributed by atoms with Gasteiger partial charge < -0.3 is 16.0 Å². The minimum Gasteiger partial charge on any atom is -0.354 e. The Hall–Kier alpha value is -1.11. The van der Waals surface area contributed by atoms with Gasteiger partial charge in [-0.05, 0) is 44.4 Å². The smallest absolute Gasteiger partial charge is 0.220 e. The van der Waals surface area contributed by atoms with E-state index in [0.717, 1.165) is 57.4 Å². The number of nitrogens with two attached hydrogens (primary N) is 1. The van der Waals surface area contributed by atoms with Crippen LogP contribution in [0.15, 0.2) is 18.3 Å². The van der Waals surface area contributed by atoms with Crippen LogP contribution in [0.3, 0.4) is 0 Å². The van der Waals surface area contributed by atoms with E-state index in [4.69, 9.17) is 5.73 Å². The summed E-state index contributed by atoms with van der Waals surface area (Å²) in [6.07, 6.45) is 8.72. The van der Waals surface area contributed by atoms with Crippen LogP contribution in [0.25, 0.3) is 0 Å². The zero-order valence-electron chi connectivity index (χ0n) is 14.0. The maximum atomic E-state index is 11.9. The molecule has 1 unspecified atom stereocenters. The molecule has 2 rings (SSSR count). The van der Waals surface area contributed by atoms with Crippen LogP contribution in [0.5, 0.6) is 0 Å². The lowest BCUT2D eigenvalue weighted by Crippen LogP contribution is -2.40. The molecule has 0 spiro atoms. The van der Waals surface area contributed by atoms with Crippen molar-refractivity contribution >= 4 is 36.5 Å². The van der Waals surface area contributed by atoms with E-state index in [1.807, 2.05) is 12.1 Å². The molecule has 1 aromatic rings. The summed E-state index contributed by atoms with van der Waals surface area (Å²) < 4.78 is 0. The van der Waals surface area contributed by atoms with Crippen LogP contribution in [-0.2, 0) is 4.79 Å². The van der Waals surface area contributed by atoms with Gasteiger partial charge in [0.1, 0.15) is 0 Å². The molecule has 6 nitrogen and oxygen atoms in total. The SMILES string of the molecule is Cl.Cl.NCCCCCCC(=O)NCC1CCCN1c1cccnn1. The van der Waals surface area contributed by atoms with Crippen LogP contribution in [-0.4, -0.2) is 41.8 Å². The van der Waals surface area contributed by atoms with E-state index in [1.54, 1.807) is 6.20 Å². The van der Waals surface area contributed by atoms with Crippen molar-refractivity contribution in [2.75, 3.05) is 24.5 Å². The number of carbonyl (C=O) groups excluding carboxylic acids is 1. The molecular formula is C16H29Cl2N5O. The summed E-state index contributed by atoms with van der Waals surface area (Å²) in [5, 5.41) is 11.2. The number of hydrogen-bond acceptors (Lipinski definition) is 5. The molecule has 1 aliphatic heterocycles. The molecule has 24 heavy (non-hydrogen) atoms. The molecule has 1 fully saturated rings. The fraction of sp³-hybridized carbons (Fsp3) is 0.688. The summed E-state index contributed by atoms with van der Waals surface area (Å²) in [6, 6.07) is 4.21. The van der Waals surface area contributed by atoms with Gasteiger partial charge >= 0.3 is 0 Å². The summed E-state index contributed by atoms with van der Waals surface area (Å²) in [5.41, 5.74) is 5.46. The van der Waals surface area contributed by atoms with Crippen LogP contribution in [0, 0.1) is 0 Å². The number of amides is 1. The van der Waals surface area contributed by atoms with Gasteiger partial charge in [-0.15, -0.1) is 29.9 Å². The van der Waals surface area contributed by atoms with Crippen LogP contribution >= 0.6 is 24.8 Å². The Morgan fingerprint density at radius 1 is 1.29 bits per heavy atom. The molecule has 0 aliphatic carbocycles. The second-order valence-electron chi connectivity index (χ2n) is 5.83. The largest absolute Gasteiger partial charge is 0.354 e. The predicted molar refractivity (Wildman–Crippen MR) is 102 cm³/mol. The van der Waals surface area contributed by atoms with Crippen molar-refractivity contribution in [1.29, 1.82) is 0 Å². The molecule has 2 heterocycles. The summed E-state index contributed by atoms with van der Waals surface area (Å²) in [6.45, 7) is 2.42. The van der Waals surface area contributed by atoms with Crippen molar-refractivity contribution in [3.8, 4) is 0 Å². The number of carbonyl (C=O) groups is 1. The number of anilines is 1. The molecule has 138 valence electrons. The molecule has 1 saturated heterocycles. The predicted octanol–water partition coefficient (Wildman–Crippen LogP) is 2.31. The Morgan fingerprint density at radius 2 is 2.08 bits per heavy atom. The summed E-state index contributed by atoms with van der Waals surface area (Å²) >= 11 is 0. The van der Waals surface area contributed by atoms with Gasteiger partial charge in [0.2, 0.25) is 5.91 Å². The normalized spacial score (nSPS) is 16.2. The highest BCUT2D eigenvalue weighted by Crippen LogP contribution is 2.22. The van der Waals surface area contributed by atoms with Gasteiger partial charge in [0.15, 0.2) is 5.82 Å². The first-order valence-corrected chi connectivity index (χ1v) is 8.32. The van der Waals surface area contributed by atoms with E-state index in [9.17, 15) is 4.79 Å². The van der Waals surface area contributed by atoms with Crippen LogP contribution in [0.2, 0.25) is 0 Å². The Labute approximate surface area is 156 Å². The van der Waals surface area contributed by atoms with E-state index in [-0.39, 0.29) is 30.7 Å². The molecule has 0 bridgehead atoms. The van der Waals surface area contributed by atoms with E-state index in [1.165, 1.54) is 0 Å². The molecule has 1 amide bonds. The second kappa shape index (κ2) is 13.2. The Morgan fingerprint density at radius 3 is 2.79 bits per heavy atom. The third-order valence-electron chi connectivity index (χ3n) is 4.12. The molecule has 8 heteroatoms. The van der Waals surface area contributed by atoms with Gasteiger partial charge in [0.25, 0.3) is 0 Å². The highest BCUT2D eigenvalue weighted by Gasteiger charge is 2.25. The Kier molecular flexibility index (Phi) is 12.6. The van der Waals surface area contributed by atoms with Gasteiger partial charge in [-0.1, -0.05) is 12.8 Å². The van der Waals surface area contributed by atoms with Gasteiger partial charge in [-0.25, -0.2) is 0 Å². The van der Waals surface area contributed by atoms with Crippen molar-refractivity contribution in [2.45, 2.75) is 51.0 Å². The van der Waals surface area contributed by atoms with Gasteiger partial charge in [-0.2, -0.15) is 5.10 Å². The summed E-state index contributed by atoms with van der Waals surface area (Å²) in [5.74, 6) is 1.06. The number of rotatable bonds is 9. The highest BCUT2D eigenvalue weighted by atomic mass is 35.5. The maximum Gasteiger partial charge on any atom is 0.220 e. The lowest BCUT2D eigenvalue weighted by Gasteiger charge is -2.25. The first-order chi connectivity index (χ1) is 10.8. The lowest BCUT2D eigenvalue weighted by molar-refractivity contribution is -0.121. The number of nitrogens with one attached hydrogen (secondary N) is 1. The van der Waals surface area contributed by atoms with Crippen LogP contribution in [0.4, 0.5) is 5.82 Å². The molecule has 3 N–H and O–H groups in total. The van der Waals surface area contributed by atoms with E-state index in [2.05, 4.69) is 20.4 Å². The monoisotopic (exact) mass is 377 g/mol. The van der Waals surface area contributed by atoms with E-state index < -0.39 is 0 Å². The van der Waals surface area contributed by atoms with Gasteiger partial charge in [-0.3, -0.25) is 4.79 Å². The Balaban J connectivity index is 0.00000264. The molecule has 0 saturated carbocycles. The van der Waals surface area contributed by atoms with Gasteiger partial charge in [0, 0.05) is 31.7 Å². The molecule has 1 atom stereocenters. The zero-order chi connectivity index (χ0) is 15.6. The zero-order valence-corrected chi connectivity index (χ0v) is 15.7. The molecule has 1 aliphatic rings. The molecule has 1 aromatic heterocycles. The van der Waals surface area contributed by atoms with Gasteiger partial charge in [0.05, 0.1) is 0 Å². The lowest BCUT2D eigenvalue weighted by atomic mass is 10.1. The number of aromatic nitrogens is 2. The number of halogens is 2. The second-order valence-corrected chi connectivity index (χ2v) is 5.83. The summed E-state index contributed by atoms with van der Waals surface area (Å²) in [4.78, 5) is 14.1. The molecule has 0 radical (unpaired) electrons. The number of nitrogens with zero attached hydrogens (tertiary/aromatic N) is 3. The third-order valence-corrected chi connectivity index (χ3v) is 4.12. The van der Waals surface area contributed by atoms with Crippen molar-refractivity contribution < 1.29 is 4.79 Å². The third kappa shape index (κ3) is 7.64. The average Bonchev–Trinajstić information content (AvgIpc) is 3.02. The first kappa shape index (κ1) is 22.9. The van der Waals surface area contributed by atoms with Crippen molar-refractivity contribution in [3.05, 3.63) is 18.3 Å². The van der Waals surface area contributed by atoms with Crippen LogP contribution in [0.1, 0.15) is 44.9 Å². The quantitative estimate of drug-likeness (QED) is 0.645. The first-order valence-electron chi connectivity index (χ1n) is 8.32. The van der Waals surface area contributed by atoms with Crippen molar-refractivity contribution in [3.63, 3.8) is 0 Å². The fourth-order valence-corrected chi connectivity index (χ4v) is 2.90. The minimum absolute atomic E-state index is 0. The minimum atomic E-state index is 0. The summed E-state index contributed by atoms with van der Waals surface area (Å²) in [7, 11) is 0. The number of hydrogen-bond donors (Lipinski definition) is 2. The van der Waals surface area contributed by atoms with E-state index in [0.29, 0.717) is 19.0 Å². The highest BCUT2D eigenvalue weighted by molar-refractivity contribution is 5.85. The van der Waals surface area contributed by atoms with Crippen molar-refractivity contribution in [1.82, 2.24) is 15.5 Å². The molecule has 0 aromatic carbocycles. The number of unbranched alkanes of at least 4 members (excludes halogenated alkanes) is 3. The van der Waals surface area contributed by atoms with Crippen LogP contribution < -0.4 is 16.0 Å². The average molecular weight is 378 g/mol. The fourth-order valence-electron chi connectivity index (χ4n) is 2.90. The Bertz CT molecular complexity index is 449. The van der Waals surface area contributed by atoms with E-state index >= 15 is 0 Å².